The molecule has 14 heavy (non-hydrogen) atoms. The number of halogens is 3. The van der Waals surface area contributed by atoms with E-state index in [1.807, 2.05) is 13.1 Å². The molecule has 5 heteroatoms. The van der Waals surface area contributed by atoms with Gasteiger partial charge in [-0.25, -0.2) is 0 Å². The zero-order chi connectivity index (χ0) is 11.2. The van der Waals surface area contributed by atoms with Crippen LogP contribution in [0.15, 0.2) is 0 Å². The number of alkyl halides is 3. The van der Waals surface area contributed by atoms with Crippen LogP contribution in [-0.2, 0) is 0 Å². The fraction of sp³-hybridized carbons (Fsp3) is 1.00. The van der Waals surface area contributed by atoms with Gasteiger partial charge in [-0.15, -0.1) is 0 Å². The van der Waals surface area contributed by atoms with Crippen molar-refractivity contribution >= 4 is 8.07 Å². The molecule has 0 fully saturated rings. The van der Waals surface area contributed by atoms with Crippen molar-refractivity contribution in [2.45, 2.75) is 50.6 Å². The Balaban J connectivity index is 3.72. The summed E-state index contributed by atoms with van der Waals surface area (Å²) in [6.07, 6.45) is -3.09. The molecule has 0 saturated heterocycles. The van der Waals surface area contributed by atoms with Gasteiger partial charge >= 0.3 is 6.18 Å². The van der Waals surface area contributed by atoms with E-state index < -0.39 is 20.7 Å². The first-order chi connectivity index (χ1) is 6.27. The van der Waals surface area contributed by atoms with Gasteiger partial charge in [0.05, 0.1) is 0 Å². The lowest BCUT2D eigenvalue weighted by Gasteiger charge is -2.22. The monoisotopic (exact) mass is 228 g/mol. The van der Waals surface area contributed by atoms with Crippen LogP contribution in [0.4, 0.5) is 13.2 Å². The molecular weight excluding hydrogens is 209 g/mol. The third kappa shape index (κ3) is 8.56. The maximum atomic E-state index is 12.0. The van der Waals surface area contributed by atoms with E-state index in [1.165, 1.54) is 0 Å². The van der Waals surface area contributed by atoms with Gasteiger partial charge in [0.15, 0.2) is 0 Å². The molecule has 0 aliphatic carbocycles. The molecule has 0 aromatic carbocycles. The van der Waals surface area contributed by atoms with E-state index in [0.29, 0.717) is 12.5 Å². The average Bonchev–Trinajstić information content (AvgIpc) is 2.00. The number of rotatable bonds is 6. The summed E-state index contributed by atoms with van der Waals surface area (Å²) in [5.41, 5.74) is 0. The van der Waals surface area contributed by atoms with Crippen molar-refractivity contribution < 1.29 is 18.3 Å². The van der Waals surface area contributed by atoms with Gasteiger partial charge < -0.3 is 5.11 Å². The highest BCUT2D eigenvalue weighted by molar-refractivity contribution is 6.77. The minimum Gasteiger partial charge on any atom is -0.396 e. The first kappa shape index (κ1) is 14.0. The van der Waals surface area contributed by atoms with Crippen LogP contribution in [-0.4, -0.2) is 26.0 Å². The molecule has 1 nitrogen and oxygen atoms in total. The quantitative estimate of drug-likeness (QED) is 0.545. The summed E-state index contributed by atoms with van der Waals surface area (Å²) in [7, 11) is -1.68. The van der Waals surface area contributed by atoms with E-state index in [4.69, 9.17) is 5.11 Å². The molecule has 86 valence electrons. The second kappa shape index (κ2) is 5.75. The summed E-state index contributed by atoms with van der Waals surface area (Å²) in [6, 6.07) is 1.19. The molecule has 0 atom stereocenters. The first-order valence-corrected chi connectivity index (χ1v) is 8.36. The number of aliphatic hydroxyl groups excluding tert-OH is 1. The van der Waals surface area contributed by atoms with Crippen LogP contribution in [0, 0.1) is 0 Å². The number of unbranched alkanes of at least 4 members (excludes halogenated alkanes) is 1. The molecule has 1 N–H and O–H groups in total. The largest absolute Gasteiger partial charge is 0.396 e. The van der Waals surface area contributed by atoms with Gasteiger partial charge in [-0.05, 0) is 12.5 Å². The van der Waals surface area contributed by atoms with Crippen LogP contribution < -0.4 is 0 Å². The van der Waals surface area contributed by atoms with Crippen molar-refractivity contribution in [3.63, 3.8) is 0 Å². The van der Waals surface area contributed by atoms with E-state index >= 15 is 0 Å². The van der Waals surface area contributed by atoms with Crippen molar-refractivity contribution in [1.29, 1.82) is 0 Å². The predicted molar refractivity (Wildman–Crippen MR) is 54.1 cm³/mol. The van der Waals surface area contributed by atoms with E-state index in [-0.39, 0.29) is 6.61 Å². The molecule has 0 aliphatic heterocycles. The van der Waals surface area contributed by atoms with Gasteiger partial charge in [0.1, 0.15) is 0 Å². The minimum absolute atomic E-state index is 0.143. The van der Waals surface area contributed by atoms with Crippen molar-refractivity contribution in [3.8, 4) is 0 Å². The Hall–Kier alpha value is -0.0331. The lowest BCUT2D eigenvalue weighted by molar-refractivity contribution is -0.130. The Morgan fingerprint density at radius 1 is 1.07 bits per heavy atom. The molecule has 0 unspecified atom stereocenters. The highest BCUT2D eigenvalue weighted by Crippen LogP contribution is 2.28. The Morgan fingerprint density at radius 3 is 2.07 bits per heavy atom. The highest BCUT2D eigenvalue weighted by atomic mass is 28.3. The van der Waals surface area contributed by atoms with Gasteiger partial charge in [-0.3, -0.25) is 0 Å². The van der Waals surface area contributed by atoms with E-state index in [0.717, 1.165) is 12.5 Å². The van der Waals surface area contributed by atoms with Crippen molar-refractivity contribution in [2.24, 2.45) is 0 Å². The lowest BCUT2D eigenvalue weighted by Crippen LogP contribution is -2.27. The number of hydrogen-bond acceptors (Lipinski definition) is 1. The zero-order valence-electron chi connectivity index (χ0n) is 8.82. The van der Waals surface area contributed by atoms with E-state index in [9.17, 15) is 13.2 Å². The summed E-state index contributed by atoms with van der Waals surface area (Å²) >= 11 is 0. The molecule has 0 aliphatic rings. The Morgan fingerprint density at radius 2 is 1.64 bits per heavy atom. The van der Waals surface area contributed by atoms with Crippen molar-refractivity contribution in [2.75, 3.05) is 6.61 Å². The third-order valence-electron chi connectivity index (χ3n) is 2.35. The molecule has 0 spiro atoms. The van der Waals surface area contributed by atoms with Crippen molar-refractivity contribution in [1.82, 2.24) is 0 Å². The van der Waals surface area contributed by atoms with Gasteiger partial charge in [-0.2, -0.15) is 13.2 Å². The Kier molecular flexibility index (Phi) is 5.74. The smallest absolute Gasteiger partial charge is 0.388 e. The average molecular weight is 228 g/mol. The second-order valence-corrected chi connectivity index (χ2v) is 9.79. The van der Waals surface area contributed by atoms with Crippen LogP contribution in [0.25, 0.3) is 0 Å². The first-order valence-electron chi connectivity index (χ1n) is 4.94. The summed E-state index contributed by atoms with van der Waals surface area (Å²) in [5.74, 6) is 0. The Labute approximate surface area is 84.3 Å². The summed E-state index contributed by atoms with van der Waals surface area (Å²) in [6.45, 7) is 4.11. The fourth-order valence-corrected chi connectivity index (χ4v) is 3.74. The lowest BCUT2D eigenvalue weighted by atomic mass is 10.4. The highest BCUT2D eigenvalue weighted by Gasteiger charge is 2.31. The summed E-state index contributed by atoms with van der Waals surface area (Å²) in [5, 5.41) is 8.56. The van der Waals surface area contributed by atoms with Crippen LogP contribution in [0.2, 0.25) is 25.2 Å². The fourth-order valence-electron chi connectivity index (χ4n) is 1.32. The van der Waals surface area contributed by atoms with Crippen LogP contribution in [0.5, 0.6) is 0 Å². The number of hydrogen-bond donors (Lipinski definition) is 1. The summed E-state index contributed by atoms with van der Waals surface area (Å²) < 4.78 is 35.9. The number of aliphatic hydroxyl groups is 1. The third-order valence-corrected chi connectivity index (χ3v) is 5.66. The minimum atomic E-state index is -4.01. The van der Waals surface area contributed by atoms with E-state index in [1.54, 1.807) is 0 Å². The summed E-state index contributed by atoms with van der Waals surface area (Å²) in [4.78, 5) is 0. The molecule has 0 heterocycles. The molecule has 0 aromatic heterocycles. The van der Waals surface area contributed by atoms with Crippen LogP contribution >= 0.6 is 0 Å². The van der Waals surface area contributed by atoms with Crippen molar-refractivity contribution in [3.05, 3.63) is 0 Å². The van der Waals surface area contributed by atoms with Gasteiger partial charge in [0.2, 0.25) is 0 Å². The molecule has 0 aromatic rings. The predicted octanol–water partition coefficient (Wildman–Crippen LogP) is 3.42. The molecule has 0 bridgehead atoms. The van der Waals surface area contributed by atoms with Gasteiger partial charge in [-0.1, -0.05) is 25.6 Å². The molecule has 0 radical (unpaired) electrons. The SMILES string of the molecule is C[Si](C)(CCCCO)CCC(F)(F)F. The maximum Gasteiger partial charge on any atom is 0.388 e. The molecular formula is C9H19F3OSi. The molecule has 0 rings (SSSR count). The zero-order valence-corrected chi connectivity index (χ0v) is 9.82. The van der Waals surface area contributed by atoms with Gasteiger partial charge in [0.25, 0.3) is 0 Å². The van der Waals surface area contributed by atoms with E-state index in [2.05, 4.69) is 0 Å². The maximum absolute atomic E-state index is 12.0. The normalized spacial score (nSPS) is 13.3. The van der Waals surface area contributed by atoms with Crippen LogP contribution in [0.1, 0.15) is 19.3 Å². The standard InChI is InChI=1S/C9H19F3OSi/c1-14(2,7-4-3-6-13)8-5-9(10,11)12/h13H,3-8H2,1-2H3. The second-order valence-electron chi connectivity index (χ2n) is 4.46. The van der Waals surface area contributed by atoms with Gasteiger partial charge in [0, 0.05) is 21.1 Å². The molecule has 0 saturated carbocycles. The Bertz CT molecular complexity index is 157. The van der Waals surface area contributed by atoms with Crippen LogP contribution in [0.3, 0.4) is 0 Å². The topological polar surface area (TPSA) is 20.2 Å². The molecule has 0 amide bonds.